The minimum atomic E-state index is 0.714. The van der Waals surface area contributed by atoms with Crippen molar-refractivity contribution in [2.45, 2.75) is 6.42 Å². The fourth-order valence-electron chi connectivity index (χ4n) is 1.16. The summed E-state index contributed by atoms with van der Waals surface area (Å²) in [5, 5.41) is 0. The third-order valence-electron chi connectivity index (χ3n) is 1.86. The van der Waals surface area contributed by atoms with E-state index in [-0.39, 0.29) is 0 Å². The highest BCUT2D eigenvalue weighted by atomic mass is 14.6. The summed E-state index contributed by atoms with van der Waals surface area (Å²) in [7, 11) is 0. The van der Waals surface area contributed by atoms with Gasteiger partial charge in [0.1, 0.15) is 0 Å². The SMILES string of the molecule is C=CCc1cccc([C](N)C=C)c1. The van der Waals surface area contributed by atoms with E-state index >= 15 is 0 Å². The highest BCUT2D eigenvalue weighted by Gasteiger charge is 2.01. The van der Waals surface area contributed by atoms with Gasteiger partial charge in [-0.15, -0.1) is 13.2 Å². The molecule has 0 aliphatic rings. The van der Waals surface area contributed by atoms with Crippen LogP contribution in [0.2, 0.25) is 0 Å². The molecule has 0 spiro atoms. The van der Waals surface area contributed by atoms with Gasteiger partial charge in [-0.25, -0.2) is 0 Å². The van der Waals surface area contributed by atoms with E-state index in [1.165, 1.54) is 5.56 Å². The molecule has 0 fully saturated rings. The molecule has 0 amide bonds. The summed E-state index contributed by atoms with van der Waals surface area (Å²) >= 11 is 0. The van der Waals surface area contributed by atoms with Crippen LogP contribution in [-0.4, -0.2) is 0 Å². The van der Waals surface area contributed by atoms with Crippen molar-refractivity contribution in [2.24, 2.45) is 5.73 Å². The number of hydrogen-bond donors (Lipinski definition) is 1. The molecule has 67 valence electrons. The largest absolute Gasteiger partial charge is 0.316 e. The lowest BCUT2D eigenvalue weighted by Gasteiger charge is -2.06. The minimum Gasteiger partial charge on any atom is -0.316 e. The Labute approximate surface area is 79.6 Å². The van der Waals surface area contributed by atoms with Crippen LogP contribution >= 0.6 is 0 Å². The second kappa shape index (κ2) is 4.63. The fourth-order valence-corrected chi connectivity index (χ4v) is 1.16. The number of benzene rings is 1. The highest BCUT2D eigenvalue weighted by molar-refractivity contribution is 5.37. The summed E-state index contributed by atoms with van der Waals surface area (Å²) in [6.45, 7) is 7.32. The van der Waals surface area contributed by atoms with Gasteiger partial charge in [-0.2, -0.15) is 0 Å². The Morgan fingerprint density at radius 2 is 2.15 bits per heavy atom. The first kappa shape index (κ1) is 9.75. The van der Waals surface area contributed by atoms with Crippen LogP contribution in [0.4, 0.5) is 0 Å². The van der Waals surface area contributed by atoms with Gasteiger partial charge in [-0.3, -0.25) is 0 Å². The first-order valence-electron chi connectivity index (χ1n) is 4.23. The van der Waals surface area contributed by atoms with E-state index in [2.05, 4.69) is 25.3 Å². The predicted molar refractivity (Wildman–Crippen MR) is 57.1 cm³/mol. The van der Waals surface area contributed by atoms with Gasteiger partial charge in [-0.1, -0.05) is 36.4 Å². The third kappa shape index (κ3) is 2.56. The van der Waals surface area contributed by atoms with Gasteiger partial charge in [0, 0.05) is 0 Å². The summed E-state index contributed by atoms with van der Waals surface area (Å²) in [5.41, 5.74) is 7.97. The van der Waals surface area contributed by atoms with Crippen LogP contribution in [0.3, 0.4) is 0 Å². The summed E-state index contributed by atoms with van der Waals surface area (Å²) in [6.07, 6.45) is 4.41. The van der Waals surface area contributed by atoms with Crippen LogP contribution in [0.5, 0.6) is 0 Å². The minimum absolute atomic E-state index is 0.714. The summed E-state index contributed by atoms with van der Waals surface area (Å²) in [4.78, 5) is 0. The van der Waals surface area contributed by atoms with Crippen LogP contribution in [-0.2, 0) is 6.42 Å². The molecule has 0 bridgehead atoms. The van der Waals surface area contributed by atoms with Crippen molar-refractivity contribution in [3.8, 4) is 0 Å². The molecule has 1 rings (SSSR count). The molecular formula is C12H14N. The van der Waals surface area contributed by atoms with Gasteiger partial charge in [0.05, 0.1) is 6.04 Å². The van der Waals surface area contributed by atoms with Crippen molar-refractivity contribution in [1.29, 1.82) is 0 Å². The molecule has 0 aromatic heterocycles. The Morgan fingerprint density at radius 1 is 1.38 bits per heavy atom. The standard InChI is InChI=1S/C12H14N/c1-3-6-10-7-5-8-11(9-10)12(13)4-2/h3-5,7-9H,1-2,6,13H2. The van der Waals surface area contributed by atoms with E-state index in [1.54, 1.807) is 6.08 Å². The number of hydrogen-bond acceptors (Lipinski definition) is 1. The van der Waals surface area contributed by atoms with Crippen molar-refractivity contribution in [3.05, 3.63) is 66.7 Å². The molecular weight excluding hydrogens is 158 g/mol. The van der Waals surface area contributed by atoms with E-state index < -0.39 is 0 Å². The van der Waals surface area contributed by atoms with Gasteiger partial charge in [-0.05, 0) is 17.5 Å². The Kier molecular flexibility index (Phi) is 3.47. The summed E-state index contributed by atoms with van der Waals surface area (Å²) < 4.78 is 0. The van der Waals surface area contributed by atoms with Crippen molar-refractivity contribution < 1.29 is 0 Å². The topological polar surface area (TPSA) is 26.0 Å². The van der Waals surface area contributed by atoms with Crippen molar-refractivity contribution in [2.75, 3.05) is 0 Å². The lowest BCUT2D eigenvalue weighted by atomic mass is 10.0. The normalized spacial score (nSPS) is 10.0. The van der Waals surface area contributed by atoms with E-state index in [9.17, 15) is 0 Å². The maximum atomic E-state index is 5.73. The van der Waals surface area contributed by atoms with Gasteiger partial charge in [0.2, 0.25) is 0 Å². The van der Waals surface area contributed by atoms with Crippen LogP contribution < -0.4 is 5.73 Å². The molecule has 1 nitrogen and oxygen atoms in total. The molecule has 2 N–H and O–H groups in total. The zero-order chi connectivity index (χ0) is 9.68. The van der Waals surface area contributed by atoms with Crippen LogP contribution in [0.15, 0.2) is 49.6 Å². The van der Waals surface area contributed by atoms with Crippen molar-refractivity contribution >= 4 is 0 Å². The Morgan fingerprint density at radius 3 is 2.77 bits per heavy atom. The summed E-state index contributed by atoms with van der Waals surface area (Å²) in [6, 6.07) is 8.79. The Bertz CT molecular complexity index is 302. The van der Waals surface area contributed by atoms with E-state index in [0.717, 1.165) is 12.0 Å². The average Bonchev–Trinajstić information content (AvgIpc) is 2.18. The quantitative estimate of drug-likeness (QED) is 0.693. The predicted octanol–water partition coefficient (Wildman–Crippen LogP) is 2.44. The fraction of sp³-hybridized carbons (Fsp3) is 0.0833. The molecule has 0 unspecified atom stereocenters. The monoisotopic (exact) mass is 172 g/mol. The molecule has 0 heterocycles. The molecule has 0 atom stereocenters. The lowest BCUT2D eigenvalue weighted by Crippen LogP contribution is -2.07. The number of rotatable bonds is 4. The van der Waals surface area contributed by atoms with Gasteiger partial charge in [0.15, 0.2) is 0 Å². The van der Waals surface area contributed by atoms with E-state index in [0.29, 0.717) is 6.04 Å². The van der Waals surface area contributed by atoms with Gasteiger partial charge in [0.25, 0.3) is 0 Å². The second-order valence-electron chi connectivity index (χ2n) is 2.85. The van der Waals surface area contributed by atoms with Crippen LogP contribution in [0.25, 0.3) is 0 Å². The summed E-state index contributed by atoms with van der Waals surface area (Å²) in [5.74, 6) is 0. The van der Waals surface area contributed by atoms with Crippen molar-refractivity contribution in [1.82, 2.24) is 0 Å². The molecule has 13 heavy (non-hydrogen) atoms. The zero-order valence-corrected chi connectivity index (χ0v) is 7.66. The molecule has 1 aromatic rings. The van der Waals surface area contributed by atoms with Crippen LogP contribution in [0, 0.1) is 6.04 Å². The smallest absolute Gasteiger partial charge is 0.0854 e. The Balaban J connectivity index is 2.90. The second-order valence-corrected chi connectivity index (χ2v) is 2.85. The first-order chi connectivity index (χ1) is 6.27. The molecule has 0 aliphatic carbocycles. The highest BCUT2D eigenvalue weighted by Crippen LogP contribution is 2.12. The molecule has 0 saturated heterocycles. The maximum absolute atomic E-state index is 5.73. The average molecular weight is 172 g/mol. The molecule has 1 heteroatoms. The maximum Gasteiger partial charge on any atom is 0.0854 e. The van der Waals surface area contributed by atoms with E-state index in [4.69, 9.17) is 5.73 Å². The molecule has 0 saturated carbocycles. The molecule has 0 aliphatic heterocycles. The van der Waals surface area contributed by atoms with E-state index in [1.807, 2.05) is 18.2 Å². The molecule has 1 aromatic carbocycles. The first-order valence-corrected chi connectivity index (χ1v) is 4.23. The van der Waals surface area contributed by atoms with Crippen molar-refractivity contribution in [3.63, 3.8) is 0 Å². The molecule has 1 radical (unpaired) electrons. The third-order valence-corrected chi connectivity index (χ3v) is 1.86. The van der Waals surface area contributed by atoms with Gasteiger partial charge < -0.3 is 5.73 Å². The van der Waals surface area contributed by atoms with Crippen LogP contribution in [0.1, 0.15) is 11.1 Å². The number of nitrogens with two attached hydrogens (primary N) is 1. The van der Waals surface area contributed by atoms with Gasteiger partial charge >= 0.3 is 0 Å². The zero-order valence-electron chi connectivity index (χ0n) is 7.66. The number of allylic oxidation sites excluding steroid dienone is 1. The Hall–Kier alpha value is -1.34. The lowest BCUT2D eigenvalue weighted by molar-refractivity contribution is 1.16.